The lowest BCUT2D eigenvalue weighted by molar-refractivity contribution is 0.122. The van der Waals surface area contributed by atoms with Gasteiger partial charge in [0.25, 0.3) is 0 Å². The van der Waals surface area contributed by atoms with Gasteiger partial charge in [-0.05, 0) is 94.1 Å². The van der Waals surface area contributed by atoms with Crippen LogP contribution < -0.4 is 5.32 Å². The molecule has 0 radical (unpaired) electrons. The Bertz CT molecular complexity index is 1190. The summed E-state index contributed by atoms with van der Waals surface area (Å²) in [5.74, 6) is 3.65. The molecule has 3 aliphatic rings. The van der Waals surface area contributed by atoms with E-state index in [1.165, 1.54) is 30.4 Å². The molecule has 192 valence electrons. The summed E-state index contributed by atoms with van der Waals surface area (Å²) in [5, 5.41) is 9.40. The van der Waals surface area contributed by atoms with Crippen molar-refractivity contribution < 1.29 is 9.47 Å². The maximum Gasteiger partial charge on any atom is 0.159 e. The number of fused-ring (bicyclic) bond motifs is 1. The fourth-order valence-corrected chi connectivity index (χ4v) is 6.18. The van der Waals surface area contributed by atoms with Crippen LogP contribution in [-0.2, 0) is 9.47 Å². The molecule has 0 amide bonds. The van der Waals surface area contributed by atoms with Crippen LogP contribution in [0.5, 0.6) is 0 Å². The topological polar surface area (TPSA) is 77.3 Å². The van der Waals surface area contributed by atoms with E-state index in [2.05, 4.69) is 34.3 Å². The van der Waals surface area contributed by atoms with E-state index < -0.39 is 0 Å². The van der Waals surface area contributed by atoms with E-state index in [1.807, 2.05) is 23.9 Å². The molecule has 3 saturated heterocycles. The molecule has 8 heteroatoms. The van der Waals surface area contributed by atoms with Crippen molar-refractivity contribution >= 4 is 16.7 Å². The first kappa shape index (κ1) is 23.8. The Morgan fingerprint density at radius 1 is 0.972 bits per heavy atom. The molecule has 1 N–H and O–H groups in total. The van der Waals surface area contributed by atoms with Gasteiger partial charge in [0.05, 0.1) is 18.3 Å². The summed E-state index contributed by atoms with van der Waals surface area (Å²) in [6, 6.07) is 7.29. The zero-order valence-electron chi connectivity index (χ0n) is 21.6. The van der Waals surface area contributed by atoms with E-state index in [0.29, 0.717) is 17.9 Å². The number of aromatic nitrogens is 4. The minimum absolute atomic E-state index is 0.584. The van der Waals surface area contributed by atoms with E-state index in [4.69, 9.17) is 19.6 Å². The van der Waals surface area contributed by atoms with Gasteiger partial charge < -0.3 is 14.8 Å². The van der Waals surface area contributed by atoms with Gasteiger partial charge in [-0.2, -0.15) is 5.10 Å². The molecule has 0 spiro atoms. The number of anilines is 1. The Labute approximate surface area is 213 Å². The highest BCUT2D eigenvalue weighted by Gasteiger charge is 2.29. The van der Waals surface area contributed by atoms with Crippen molar-refractivity contribution in [2.75, 3.05) is 51.4 Å². The van der Waals surface area contributed by atoms with Crippen LogP contribution in [0.1, 0.15) is 55.0 Å². The van der Waals surface area contributed by atoms with Gasteiger partial charge in [-0.1, -0.05) is 0 Å². The minimum atomic E-state index is 0.584. The summed E-state index contributed by atoms with van der Waals surface area (Å²) in [4.78, 5) is 12.0. The van der Waals surface area contributed by atoms with E-state index in [0.717, 1.165) is 87.3 Å². The number of aryl methyl sites for hydroxylation is 2. The molecule has 36 heavy (non-hydrogen) atoms. The summed E-state index contributed by atoms with van der Waals surface area (Å²) in [6.45, 7) is 11.0. The highest BCUT2D eigenvalue weighted by atomic mass is 16.5. The second-order valence-corrected chi connectivity index (χ2v) is 10.8. The Kier molecular flexibility index (Phi) is 6.91. The SMILES string of the molecule is Cc1nc(NCC[C@@H]2CCOC2)cc(-n2ncc3cc(C)c(C4CCN(C5CCOC5)CC4)cc32)n1. The largest absolute Gasteiger partial charge is 0.381 e. The first-order valence-electron chi connectivity index (χ1n) is 13.6. The van der Waals surface area contributed by atoms with E-state index in [1.54, 1.807) is 0 Å². The lowest BCUT2D eigenvalue weighted by Gasteiger charge is -2.36. The zero-order chi connectivity index (χ0) is 24.5. The van der Waals surface area contributed by atoms with Crippen LogP contribution in [0.25, 0.3) is 16.7 Å². The van der Waals surface area contributed by atoms with Gasteiger partial charge in [-0.15, -0.1) is 0 Å². The maximum atomic E-state index is 5.63. The van der Waals surface area contributed by atoms with E-state index in [-0.39, 0.29) is 0 Å². The third-order valence-electron chi connectivity index (χ3n) is 8.27. The highest BCUT2D eigenvalue weighted by molar-refractivity contribution is 5.82. The molecule has 3 aliphatic heterocycles. The Morgan fingerprint density at radius 2 is 1.81 bits per heavy atom. The maximum absolute atomic E-state index is 5.63. The average Bonchev–Trinajstić information content (AvgIpc) is 3.65. The highest BCUT2D eigenvalue weighted by Crippen LogP contribution is 2.34. The summed E-state index contributed by atoms with van der Waals surface area (Å²) in [5.41, 5.74) is 3.94. The van der Waals surface area contributed by atoms with Gasteiger partial charge in [-0.3, -0.25) is 4.90 Å². The first-order chi connectivity index (χ1) is 17.6. The molecule has 6 rings (SSSR count). The predicted molar refractivity (Wildman–Crippen MR) is 141 cm³/mol. The van der Waals surface area contributed by atoms with Gasteiger partial charge in [0, 0.05) is 43.9 Å². The Balaban J connectivity index is 1.21. The summed E-state index contributed by atoms with van der Waals surface area (Å²) < 4.78 is 13.1. The van der Waals surface area contributed by atoms with E-state index >= 15 is 0 Å². The molecule has 1 unspecified atom stereocenters. The molecule has 3 fully saturated rings. The lowest BCUT2D eigenvalue weighted by atomic mass is 9.86. The smallest absolute Gasteiger partial charge is 0.159 e. The second-order valence-electron chi connectivity index (χ2n) is 10.8. The van der Waals surface area contributed by atoms with Gasteiger partial charge in [0.15, 0.2) is 5.82 Å². The standard InChI is InChI=1S/C28H38N6O2/c1-19-13-23-16-30-34(28-15-27(31-20(2)32-28)29-8-3-21-6-11-35-17-21)26(23)14-25(19)22-4-9-33(10-5-22)24-7-12-36-18-24/h13-16,21-22,24H,3-12,17-18H2,1-2H3,(H,29,31,32)/t21-,24?/m1/s1. The number of hydrogen-bond acceptors (Lipinski definition) is 7. The lowest BCUT2D eigenvalue weighted by Crippen LogP contribution is -2.41. The number of benzene rings is 1. The van der Waals surface area contributed by atoms with Crippen LogP contribution in [0, 0.1) is 19.8 Å². The monoisotopic (exact) mass is 490 g/mol. The molecule has 1 aromatic carbocycles. The molecule has 2 aromatic heterocycles. The molecular weight excluding hydrogens is 452 g/mol. The van der Waals surface area contributed by atoms with Crippen LogP contribution in [0.4, 0.5) is 5.82 Å². The average molecular weight is 491 g/mol. The van der Waals surface area contributed by atoms with Gasteiger partial charge in [0.1, 0.15) is 11.6 Å². The van der Waals surface area contributed by atoms with Crippen molar-refractivity contribution in [1.82, 2.24) is 24.6 Å². The molecule has 0 bridgehead atoms. The normalized spacial score (nSPS) is 23.6. The van der Waals surface area contributed by atoms with Crippen molar-refractivity contribution in [3.05, 3.63) is 41.3 Å². The van der Waals surface area contributed by atoms with Crippen LogP contribution >= 0.6 is 0 Å². The zero-order valence-corrected chi connectivity index (χ0v) is 21.6. The van der Waals surface area contributed by atoms with Gasteiger partial charge in [-0.25, -0.2) is 14.6 Å². The number of hydrogen-bond donors (Lipinski definition) is 1. The Morgan fingerprint density at radius 3 is 2.58 bits per heavy atom. The summed E-state index contributed by atoms with van der Waals surface area (Å²) in [7, 11) is 0. The number of likely N-dealkylation sites (tertiary alicyclic amines) is 1. The van der Waals surface area contributed by atoms with Crippen molar-refractivity contribution in [1.29, 1.82) is 0 Å². The van der Waals surface area contributed by atoms with Crippen molar-refractivity contribution in [3.8, 4) is 5.82 Å². The third-order valence-corrected chi connectivity index (χ3v) is 8.27. The van der Waals surface area contributed by atoms with Gasteiger partial charge in [0.2, 0.25) is 0 Å². The summed E-state index contributed by atoms with van der Waals surface area (Å²) in [6.07, 6.45) is 7.79. The fraction of sp³-hybridized carbons (Fsp3) is 0.607. The van der Waals surface area contributed by atoms with Crippen molar-refractivity contribution in [3.63, 3.8) is 0 Å². The first-order valence-corrected chi connectivity index (χ1v) is 13.6. The number of piperidine rings is 1. The molecule has 2 atom stereocenters. The van der Waals surface area contributed by atoms with Crippen LogP contribution in [0.15, 0.2) is 24.4 Å². The van der Waals surface area contributed by atoms with Crippen LogP contribution in [0.2, 0.25) is 0 Å². The number of nitrogens with zero attached hydrogens (tertiary/aromatic N) is 5. The molecule has 8 nitrogen and oxygen atoms in total. The fourth-order valence-electron chi connectivity index (χ4n) is 6.18. The number of rotatable bonds is 7. The second kappa shape index (κ2) is 10.4. The molecule has 0 aliphatic carbocycles. The summed E-state index contributed by atoms with van der Waals surface area (Å²) >= 11 is 0. The number of nitrogens with one attached hydrogen (secondary N) is 1. The van der Waals surface area contributed by atoms with E-state index in [9.17, 15) is 0 Å². The quantitative estimate of drug-likeness (QED) is 0.531. The predicted octanol–water partition coefficient (Wildman–Crippen LogP) is 4.24. The molecule has 0 saturated carbocycles. The Hall–Kier alpha value is -2.55. The van der Waals surface area contributed by atoms with Gasteiger partial charge >= 0.3 is 0 Å². The van der Waals surface area contributed by atoms with Crippen LogP contribution in [-0.4, -0.2) is 76.8 Å². The molecule has 5 heterocycles. The number of ether oxygens (including phenoxy) is 2. The third kappa shape index (κ3) is 4.99. The van der Waals surface area contributed by atoms with Crippen LogP contribution in [0.3, 0.4) is 0 Å². The molecular formula is C28H38N6O2. The van der Waals surface area contributed by atoms with Crippen molar-refractivity contribution in [2.45, 2.75) is 57.9 Å². The molecule has 3 aromatic rings. The minimum Gasteiger partial charge on any atom is -0.381 e. The van der Waals surface area contributed by atoms with Crippen molar-refractivity contribution in [2.24, 2.45) is 5.92 Å².